The van der Waals surface area contributed by atoms with Crippen LogP contribution in [0.15, 0.2) is 0 Å². The molecule has 1 aliphatic rings. The molecule has 1 rings (SSSR count). The molecular weight excluding hydrogens is 236 g/mol. The van der Waals surface area contributed by atoms with E-state index in [0.717, 1.165) is 0 Å². The van der Waals surface area contributed by atoms with Gasteiger partial charge in [-0.15, -0.1) is 0 Å². The lowest BCUT2D eigenvalue weighted by Gasteiger charge is -2.25. The summed E-state index contributed by atoms with van der Waals surface area (Å²) in [5, 5.41) is 56.6. The maximum Gasteiger partial charge on any atom is 0.169 e. The van der Waals surface area contributed by atoms with Crippen molar-refractivity contribution in [1.82, 2.24) is 0 Å². The third-order valence-corrected chi connectivity index (χ3v) is 5.59. The van der Waals surface area contributed by atoms with Crippen molar-refractivity contribution in [3.63, 3.8) is 0 Å². The Morgan fingerprint density at radius 2 is 1.94 bits per heavy atom. The van der Waals surface area contributed by atoms with Gasteiger partial charge in [0.25, 0.3) is 0 Å². The van der Waals surface area contributed by atoms with E-state index in [2.05, 4.69) is 0 Å². The summed E-state index contributed by atoms with van der Waals surface area (Å²) in [6, 6.07) is 0. The molecule has 6 nitrogen and oxygen atoms in total. The highest BCUT2D eigenvalue weighted by Gasteiger charge is 2.49. The number of aliphatic hydroxyl groups excluding tert-OH is 5. The lowest BCUT2D eigenvalue weighted by atomic mass is 10.2. The Labute approximate surface area is 96.5 Å². The van der Waals surface area contributed by atoms with Gasteiger partial charge in [-0.25, -0.2) is 0 Å². The van der Waals surface area contributed by atoms with Crippen LogP contribution >= 0.6 is 0 Å². The number of aliphatic hydroxyl groups is 5. The summed E-state index contributed by atoms with van der Waals surface area (Å²) in [4.78, 5) is 0. The first-order valence-electron chi connectivity index (χ1n) is 5.09. The molecule has 1 saturated heterocycles. The predicted molar refractivity (Wildman–Crippen MR) is 56.9 cm³/mol. The van der Waals surface area contributed by atoms with E-state index in [-0.39, 0.29) is 18.1 Å². The van der Waals surface area contributed by atoms with Gasteiger partial charge >= 0.3 is 0 Å². The summed E-state index contributed by atoms with van der Waals surface area (Å²) < 4.78 is 0. The zero-order chi connectivity index (χ0) is 12.3. The third kappa shape index (κ3) is 3.07. The minimum absolute atomic E-state index is 0.105. The predicted octanol–water partition coefficient (Wildman–Crippen LogP) is -4.22. The summed E-state index contributed by atoms with van der Waals surface area (Å²) in [5.74, 6) is 0.385. The van der Waals surface area contributed by atoms with Gasteiger partial charge in [0.15, 0.2) is 5.25 Å². The van der Waals surface area contributed by atoms with Crippen molar-refractivity contribution in [3.8, 4) is 0 Å². The maximum absolute atomic E-state index is 11.1. The van der Waals surface area contributed by atoms with E-state index in [0.29, 0.717) is 0 Å². The van der Waals surface area contributed by atoms with Gasteiger partial charge in [-0.1, -0.05) is 6.10 Å². The molecule has 0 aromatic heterocycles. The van der Waals surface area contributed by atoms with Crippen molar-refractivity contribution in [2.45, 2.75) is 29.7 Å². The van der Waals surface area contributed by atoms with Gasteiger partial charge in [-0.3, -0.25) is 0 Å². The number of rotatable bonds is 5. The molecule has 7 heteroatoms. The molecule has 6 atom stereocenters. The van der Waals surface area contributed by atoms with Crippen LogP contribution in [-0.2, 0) is 10.9 Å². The van der Waals surface area contributed by atoms with Gasteiger partial charge in [0.1, 0.15) is 23.7 Å². The van der Waals surface area contributed by atoms with E-state index in [1.165, 1.54) is 0 Å². The van der Waals surface area contributed by atoms with Crippen molar-refractivity contribution in [1.29, 1.82) is 0 Å². The normalized spacial score (nSPS) is 38.6. The zero-order valence-electron chi connectivity index (χ0n) is 8.77. The topological polar surface area (TPSA) is 124 Å². The van der Waals surface area contributed by atoms with Crippen LogP contribution in [0.1, 0.15) is 0 Å². The monoisotopic (exact) mass is 254 g/mol. The quantitative estimate of drug-likeness (QED) is 0.317. The first-order valence-corrected chi connectivity index (χ1v) is 6.71. The minimum Gasteiger partial charge on any atom is -0.848 e. The number of hydrogen-bond acceptors (Lipinski definition) is 6. The van der Waals surface area contributed by atoms with Crippen LogP contribution in [0.25, 0.3) is 0 Å². The van der Waals surface area contributed by atoms with E-state index in [1.54, 1.807) is 0 Å². The zero-order valence-corrected chi connectivity index (χ0v) is 9.58. The van der Waals surface area contributed by atoms with Crippen molar-refractivity contribution in [2.24, 2.45) is 0 Å². The van der Waals surface area contributed by atoms with Crippen LogP contribution in [0.3, 0.4) is 0 Å². The molecule has 0 aliphatic carbocycles. The second-order valence-electron chi connectivity index (χ2n) is 3.94. The van der Waals surface area contributed by atoms with E-state index in [1.807, 2.05) is 0 Å². The molecule has 16 heavy (non-hydrogen) atoms. The fourth-order valence-electron chi connectivity index (χ4n) is 1.74. The fourth-order valence-corrected chi connectivity index (χ4v) is 4.45. The Bertz CT molecular complexity index is 216. The van der Waals surface area contributed by atoms with Gasteiger partial charge in [-0.05, 0) is 0 Å². The molecular formula is C9H18O6S. The Hall–Kier alpha value is 0.110. The standard InChI is InChI=1S/C9H18O6S/c10-1-5(12)6(13)3-16-4-7(14)9(15)8(16)2-11/h5-11,13-15H,1-4H2. The van der Waals surface area contributed by atoms with Crippen molar-refractivity contribution < 1.29 is 30.6 Å². The van der Waals surface area contributed by atoms with Crippen LogP contribution < -0.4 is 5.11 Å². The van der Waals surface area contributed by atoms with E-state index in [9.17, 15) is 20.4 Å². The molecule has 5 N–H and O–H groups in total. The molecule has 96 valence electrons. The highest BCUT2D eigenvalue weighted by atomic mass is 32.2. The average Bonchev–Trinajstić information content (AvgIpc) is 2.53. The molecule has 1 fully saturated rings. The van der Waals surface area contributed by atoms with Crippen LogP contribution in [0.2, 0.25) is 0 Å². The van der Waals surface area contributed by atoms with E-state index in [4.69, 9.17) is 10.2 Å². The highest BCUT2D eigenvalue weighted by molar-refractivity contribution is 7.97. The fraction of sp³-hybridized carbons (Fsp3) is 1.00. The first-order chi connectivity index (χ1) is 7.51. The van der Waals surface area contributed by atoms with Crippen LogP contribution in [0.4, 0.5) is 0 Å². The average molecular weight is 254 g/mol. The maximum atomic E-state index is 11.1. The molecule has 0 spiro atoms. The molecule has 0 amide bonds. The first kappa shape index (κ1) is 14.2. The lowest BCUT2D eigenvalue weighted by Crippen LogP contribution is -2.46. The third-order valence-electron chi connectivity index (χ3n) is 2.76. The van der Waals surface area contributed by atoms with E-state index >= 15 is 0 Å². The largest absolute Gasteiger partial charge is 0.848 e. The van der Waals surface area contributed by atoms with Gasteiger partial charge in [0, 0.05) is 17.5 Å². The van der Waals surface area contributed by atoms with Crippen LogP contribution in [-0.4, -0.2) is 79.9 Å². The molecule has 1 heterocycles. The van der Waals surface area contributed by atoms with Crippen LogP contribution in [0, 0.1) is 0 Å². The molecule has 6 unspecified atom stereocenters. The summed E-state index contributed by atoms with van der Waals surface area (Å²) in [6.45, 7) is -0.927. The molecule has 0 bridgehead atoms. The minimum atomic E-state index is -1.47. The molecule has 0 saturated carbocycles. The second-order valence-corrected chi connectivity index (χ2v) is 6.29. The van der Waals surface area contributed by atoms with Crippen molar-refractivity contribution >= 4 is 10.9 Å². The summed E-state index contributed by atoms with van der Waals surface area (Å²) in [5.41, 5.74) is 0. The van der Waals surface area contributed by atoms with Crippen molar-refractivity contribution in [2.75, 3.05) is 24.7 Å². The van der Waals surface area contributed by atoms with Gasteiger partial charge in [0.2, 0.25) is 0 Å². The Kier molecular flexibility index (Phi) is 5.45. The summed E-state index contributed by atoms with van der Waals surface area (Å²) in [6.07, 6.45) is -4.59. The summed E-state index contributed by atoms with van der Waals surface area (Å²) in [7, 11) is -0.589. The van der Waals surface area contributed by atoms with E-state index < -0.39 is 47.2 Å². The van der Waals surface area contributed by atoms with Crippen molar-refractivity contribution in [3.05, 3.63) is 0 Å². The van der Waals surface area contributed by atoms with Gasteiger partial charge < -0.3 is 30.6 Å². The van der Waals surface area contributed by atoms with Crippen LogP contribution in [0.5, 0.6) is 0 Å². The molecule has 1 aliphatic heterocycles. The Balaban J connectivity index is 2.53. The SMILES string of the molecule is [O-]C(CO)C(O)C[S+]1CC(O)C(O)C1CO. The second kappa shape index (κ2) is 6.15. The summed E-state index contributed by atoms with van der Waals surface area (Å²) >= 11 is 0. The Morgan fingerprint density at radius 1 is 1.31 bits per heavy atom. The Morgan fingerprint density at radius 3 is 2.44 bits per heavy atom. The smallest absolute Gasteiger partial charge is 0.169 e. The van der Waals surface area contributed by atoms with Gasteiger partial charge in [0.05, 0.1) is 12.7 Å². The molecule has 0 aromatic carbocycles. The molecule has 0 aromatic rings. The number of hydrogen-bond donors (Lipinski definition) is 5. The molecule has 0 radical (unpaired) electrons. The lowest BCUT2D eigenvalue weighted by molar-refractivity contribution is -0.440. The van der Waals surface area contributed by atoms with Gasteiger partial charge in [-0.2, -0.15) is 0 Å². The highest BCUT2D eigenvalue weighted by Crippen LogP contribution is 2.24.